The molecule has 0 aromatic heterocycles. The second-order valence-electron chi connectivity index (χ2n) is 8.60. The Morgan fingerprint density at radius 3 is 2.33 bits per heavy atom. The molecule has 0 aliphatic carbocycles. The van der Waals surface area contributed by atoms with Gasteiger partial charge in [0, 0.05) is 20.9 Å². The minimum Gasteiger partial charge on any atom is -0.493 e. The zero-order chi connectivity index (χ0) is 25.3. The van der Waals surface area contributed by atoms with Crippen LogP contribution in [0.4, 0.5) is 5.69 Å². The van der Waals surface area contributed by atoms with Crippen molar-refractivity contribution in [2.75, 3.05) is 11.9 Å². The number of ether oxygens (including phenoxy) is 2. The van der Waals surface area contributed by atoms with Crippen LogP contribution in [-0.2, 0) is 6.61 Å². The molecule has 0 unspecified atom stereocenters. The third kappa shape index (κ3) is 6.49. The van der Waals surface area contributed by atoms with Crippen molar-refractivity contribution in [1.29, 1.82) is 0 Å². The molecule has 4 rings (SSSR count). The van der Waals surface area contributed by atoms with Crippen LogP contribution in [0.15, 0.2) is 107 Å². The molecule has 1 amide bonds. The number of nitrogens with one attached hydrogen (secondary N) is 1. The normalized spacial score (nSPS) is 10.8. The zero-order valence-electron chi connectivity index (χ0n) is 20.9. The monoisotopic (exact) mass is 497 g/mol. The highest BCUT2D eigenvalue weighted by Gasteiger charge is 2.15. The average Bonchev–Trinajstić information content (AvgIpc) is 2.90. The van der Waals surface area contributed by atoms with E-state index in [2.05, 4.69) is 37.4 Å². The van der Waals surface area contributed by atoms with Gasteiger partial charge < -0.3 is 14.8 Å². The van der Waals surface area contributed by atoms with Crippen LogP contribution >= 0.6 is 11.8 Å². The molecule has 4 aromatic rings. The van der Waals surface area contributed by atoms with E-state index in [1.807, 2.05) is 79.7 Å². The van der Waals surface area contributed by atoms with Crippen LogP contribution in [0.25, 0.3) is 0 Å². The number of hydrogen-bond acceptors (Lipinski definition) is 4. The number of hydrogen-bond donors (Lipinski definition) is 1. The van der Waals surface area contributed by atoms with Crippen molar-refractivity contribution in [3.63, 3.8) is 0 Å². The molecule has 0 saturated heterocycles. The lowest BCUT2D eigenvalue weighted by atomic mass is 10.0. The van der Waals surface area contributed by atoms with Gasteiger partial charge in [0.15, 0.2) is 0 Å². The fourth-order valence-electron chi connectivity index (χ4n) is 3.84. The summed E-state index contributed by atoms with van der Waals surface area (Å²) in [6.45, 7) is 7.08. The summed E-state index contributed by atoms with van der Waals surface area (Å²) in [6.07, 6.45) is 0. The van der Waals surface area contributed by atoms with Gasteiger partial charge in [-0.1, -0.05) is 74.1 Å². The largest absolute Gasteiger partial charge is 0.493 e. The summed E-state index contributed by atoms with van der Waals surface area (Å²) in [5.41, 5.74) is 3.30. The first-order valence-corrected chi connectivity index (χ1v) is 13.0. The van der Waals surface area contributed by atoms with Crippen LogP contribution in [0, 0.1) is 0 Å². The van der Waals surface area contributed by atoms with Crippen molar-refractivity contribution in [3.05, 3.63) is 114 Å². The maximum absolute atomic E-state index is 13.3. The van der Waals surface area contributed by atoms with Gasteiger partial charge >= 0.3 is 0 Å². The molecule has 5 heteroatoms. The topological polar surface area (TPSA) is 47.6 Å². The first-order valence-electron chi connectivity index (χ1n) is 12.2. The molecule has 184 valence electrons. The Kier molecular flexibility index (Phi) is 8.69. The van der Waals surface area contributed by atoms with Gasteiger partial charge in [-0.2, -0.15) is 0 Å². The highest BCUT2D eigenvalue weighted by atomic mass is 32.2. The van der Waals surface area contributed by atoms with Crippen molar-refractivity contribution in [2.24, 2.45) is 0 Å². The van der Waals surface area contributed by atoms with E-state index in [4.69, 9.17) is 9.47 Å². The molecular weight excluding hydrogens is 466 g/mol. The van der Waals surface area contributed by atoms with Crippen molar-refractivity contribution in [1.82, 2.24) is 0 Å². The molecule has 0 heterocycles. The highest BCUT2D eigenvalue weighted by molar-refractivity contribution is 7.99. The summed E-state index contributed by atoms with van der Waals surface area (Å²) in [5.74, 6) is 1.73. The Morgan fingerprint density at radius 1 is 0.833 bits per heavy atom. The molecule has 0 fully saturated rings. The van der Waals surface area contributed by atoms with Crippen molar-refractivity contribution in [3.8, 4) is 11.5 Å². The van der Waals surface area contributed by atoms with Gasteiger partial charge in [0.05, 0.1) is 12.3 Å². The Hall–Kier alpha value is -3.70. The van der Waals surface area contributed by atoms with Gasteiger partial charge in [-0.25, -0.2) is 0 Å². The molecule has 4 nitrogen and oxygen atoms in total. The molecule has 0 spiro atoms. The molecular formula is C31H31NO3S. The first kappa shape index (κ1) is 25.4. The van der Waals surface area contributed by atoms with Crippen LogP contribution in [0.1, 0.15) is 48.2 Å². The summed E-state index contributed by atoms with van der Waals surface area (Å²) in [4.78, 5) is 15.4. The van der Waals surface area contributed by atoms with E-state index in [1.54, 1.807) is 17.8 Å². The number of amides is 1. The average molecular weight is 498 g/mol. The van der Waals surface area contributed by atoms with Crippen LogP contribution in [0.3, 0.4) is 0 Å². The molecule has 0 saturated carbocycles. The summed E-state index contributed by atoms with van der Waals surface area (Å²) in [7, 11) is 0. The Bertz CT molecular complexity index is 1300. The lowest BCUT2D eigenvalue weighted by Crippen LogP contribution is -2.13. The Morgan fingerprint density at radius 2 is 1.56 bits per heavy atom. The fourth-order valence-corrected chi connectivity index (χ4v) is 4.77. The quantitative estimate of drug-likeness (QED) is 0.240. The molecule has 0 bridgehead atoms. The summed E-state index contributed by atoms with van der Waals surface area (Å²) in [5, 5.41) is 3.08. The van der Waals surface area contributed by atoms with Crippen molar-refractivity contribution >= 4 is 23.4 Å². The maximum Gasteiger partial charge on any atom is 0.255 e. The molecule has 1 N–H and O–H groups in total. The third-order valence-corrected chi connectivity index (χ3v) is 6.74. The minimum absolute atomic E-state index is 0.178. The molecule has 36 heavy (non-hydrogen) atoms. The van der Waals surface area contributed by atoms with Crippen LogP contribution < -0.4 is 14.8 Å². The molecule has 0 radical (unpaired) electrons. The maximum atomic E-state index is 13.3. The SMILES string of the molecule is CCOc1ccc(C(=O)Nc2ccccc2Sc2ccccc2)cc1COc1ccccc1C(C)C. The summed E-state index contributed by atoms with van der Waals surface area (Å²) >= 11 is 1.62. The van der Waals surface area contributed by atoms with E-state index < -0.39 is 0 Å². The number of anilines is 1. The number of benzene rings is 4. The van der Waals surface area contributed by atoms with Gasteiger partial charge in [0.25, 0.3) is 5.91 Å². The van der Waals surface area contributed by atoms with Gasteiger partial charge in [0.2, 0.25) is 0 Å². The van der Waals surface area contributed by atoms with E-state index in [-0.39, 0.29) is 5.91 Å². The minimum atomic E-state index is -0.178. The predicted molar refractivity (Wildman–Crippen MR) is 147 cm³/mol. The smallest absolute Gasteiger partial charge is 0.255 e. The summed E-state index contributed by atoms with van der Waals surface area (Å²) < 4.78 is 12.0. The van der Waals surface area contributed by atoms with Gasteiger partial charge in [0.1, 0.15) is 18.1 Å². The standard InChI is InChI=1S/C31H31NO3S/c1-4-34-28-19-18-23(20-24(28)21-35-29-16-10-8-14-26(29)22(2)3)31(33)32-27-15-9-11-17-30(27)36-25-12-6-5-7-13-25/h5-20,22H,4,21H2,1-3H3,(H,32,33). The lowest BCUT2D eigenvalue weighted by Gasteiger charge is -2.17. The molecule has 0 atom stereocenters. The molecule has 0 aliphatic rings. The Balaban J connectivity index is 1.54. The number of carbonyl (C=O) groups is 1. The van der Waals surface area contributed by atoms with Gasteiger partial charge in [-0.3, -0.25) is 4.79 Å². The third-order valence-electron chi connectivity index (χ3n) is 5.65. The van der Waals surface area contributed by atoms with E-state index in [0.29, 0.717) is 24.7 Å². The van der Waals surface area contributed by atoms with E-state index in [0.717, 1.165) is 38.1 Å². The zero-order valence-corrected chi connectivity index (χ0v) is 21.7. The number of rotatable bonds is 10. The van der Waals surface area contributed by atoms with Crippen molar-refractivity contribution in [2.45, 2.75) is 43.1 Å². The van der Waals surface area contributed by atoms with Crippen LogP contribution in [0.2, 0.25) is 0 Å². The highest BCUT2D eigenvalue weighted by Crippen LogP contribution is 2.34. The van der Waals surface area contributed by atoms with E-state index in [1.165, 1.54) is 0 Å². The molecule has 0 aliphatic heterocycles. The summed E-state index contributed by atoms with van der Waals surface area (Å²) in [6, 6.07) is 31.5. The predicted octanol–water partition coefficient (Wildman–Crippen LogP) is 8.19. The second kappa shape index (κ2) is 12.3. The lowest BCUT2D eigenvalue weighted by molar-refractivity contribution is 0.102. The Labute approximate surface area is 217 Å². The fraction of sp³-hybridized carbons (Fsp3) is 0.194. The number of carbonyl (C=O) groups excluding carboxylic acids is 1. The van der Waals surface area contributed by atoms with Crippen LogP contribution in [0.5, 0.6) is 11.5 Å². The molecule has 4 aromatic carbocycles. The first-order chi connectivity index (χ1) is 17.5. The van der Waals surface area contributed by atoms with Crippen LogP contribution in [-0.4, -0.2) is 12.5 Å². The van der Waals surface area contributed by atoms with Gasteiger partial charge in [-0.15, -0.1) is 0 Å². The van der Waals surface area contributed by atoms with E-state index in [9.17, 15) is 4.79 Å². The van der Waals surface area contributed by atoms with Crippen molar-refractivity contribution < 1.29 is 14.3 Å². The van der Waals surface area contributed by atoms with Gasteiger partial charge in [-0.05, 0) is 66.9 Å². The number of para-hydroxylation sites is 2. The second-order valence-corrected chi connectivity index (χ2v) is 9.72. The van der Waals surface area contributed by atoms with E-state index >= 15 is 0 Å².